The van der Waals surface area contributed by atoms with Gasteiger partial charge in [0.05, 0.1) is 19.0 Å². The summed E-state index contributed by atoms with van der Waals surface area (Å²) in [5.74, 6) is -2.01. The average molecular weight is 421 g/mol. The molecule has 10 nitrogen and oxygen atoms in total. The number of aryl methyl sites for hydroxylation is 1. The van der Waals surface area contributed by atoms with Crippen LogP contribution >= 0.6 is 0 Å². The monoisotopic (exact) mass is 421 g/mol. The van der Waals surface area contributed by atoms with Crippen molar-refractivity contribution in [2.45, 2.75) is 57.9 Å². The molecule has 2 fully saturated rings. The lowest BCUT2D eigenvalue weighted by molar-refractivity contribution is -0.777. The highest BCUT2D eigenvalue weighted by atomic mass is 16.5. The third-order valence-electron chi connectivity index (χ3n) is 6.42. The Bertz CT molecular complexity index is 818. The van der Waals surface area contributed by atoms with Crippen molar-refractivity contribution in [3.63, 3.8) is 0 Å². The molecule has 10 heteroatoms. The standard InChI is InChI=1S/C20H28N4O6/c1-13-9-16(22-30-13)20(28)24(8-4-7-17(24)18(21)26)19(27)15(11-23(29)12-25)10-14-5-2-3-6-14/h9,12,14-15,17,29H,2-8,10-11H2,1H3,(H-,21,26)/p+1/t15-,17+,24?/m1/s1. The molecule has 1 aromatic heterocycles. The van der Waals surface area contributed by atoms with Gasteiger partial charge in [-0.2, -0.15) is 4.48 Å². The topological polar surface area (TPSA) is 144 Å². The summed E-state index contributed by atoms with van der Waals surface area (Å²) in [5, 5.41) is 14.0. The Morgan fingerprint density at radius 1 is 1.33 bits per heavy atom. The van der Waals surface area contributed by atoms with Gasteiger partial charge in [0.15, 0.2) is 6.04 Å². The van der Waals surface area contributed by atoms with Gasteiger partial charge >= 0.3 is 11.8 Å². The third kappa shape index (κ3) is 4.15. The molecule has 0 bridgehead atoms. The molecule has 3 N–H and O–H groups in total. The second kappa shape index (κ2) is 9.05. The second-order valence-electron chi connectivity index (χ2n) is 8.43. The molecule has 1 aliphatic heterocycles. The van der Waals surface area contributed by atoms with Gasteiger partial charge in [-0.3, -0.25) is 14.8 Å². The Morgan fingerprint density at radius 2 is 2.03 bits per heavy atom. The molecule has 1 saturated heterocycles. The first-order chi connectivity index (χ1) is 14.3. The van der Waals surface area contributed by atoms with Crippen LogP contribution < -0.4 is 5.73 Å². The minimum atomic E-state index is -1.02. The largest absolute Gasteiger partial charge is 0.376 e. The Labute approximate surface area is 174 Å². The number of rotatable bonds is 8. The summed E-state index contributed by atoms with van der Waals surface area (Å²) < 4.78 is 4.24. The number of amides is 4. The number of hydrogen-bond donors (Lipinski definition) is 2. The zero-order valence-electron chi connectivity index (χ0n) is 17.2. The lowest BCUT2D eigenvalue weighted by Crippen LogP contribution is -2.65. The third-order valence-corrected chi connectivity index (χ3v) is 6.42. The minimum Gasteiger partial charge on any atom is -0.364 e. The fraction of sp³-hybridized carbons (Fsp3) is 0.650. The first-order valence-corrected chi connectivity index (χ1v) is 10.4. The van der Waals surface area contributed by atoms with Gasteiger partial charge in [0.2, 0.25) is 12.1 Å². The lowest BCUT2D eigenvalue weighted by atomic mass is 9.90. The van der Waals surface area contributed by atoms with E-state index in [4.69, 9.17) is 10.3 Å². The molecule has 0 radical (unpaired) electrons. The van der Waals surface area contributed by atoms with Crippen molar-refractivity contribution >= 4 is 24.1 Å². The van der Waals surface area contributed by atoms with Crippen LogP contribution in [0.25, 0.3) is 0 Å². The summed E-state index contributed by atoms with van der Waals surface area (Å²) in [6.07, 6.45) is 5.45. The molecule has 1 aliphatic carbocycles. The Hall–Kier alpha value is -2.59. The van der Waals surface area contributed by atoms with Crippen LogP contribution in [-0.2, 0) is 14.4 Å². The highest BCUT2D eigenvalue weighted by Gasteiger charge is 2.59. The maximum atomic E-state index is 13.9. The quantitative estimate of drug-likeness (QED) is 0.277. The van der Waals surface area contributed by atoms with Gasteiger partial charge in [-0.05, 0) is 19.3 Å². The summed E-state index contributed by atoms with van der Waals surface area (Å²) >= 11 is 0. The number of quaternary nitrogens is 1. The highest BCUT2D eigenvalue weighted by molar-refractivity contribution is 5.98. The molecule has 30 heavy (non-hydrogen) atoms. The number of nitrogens with zero attached hydrogens (tertiary/aromatic N) is 3. The van der Waals surface area contributed by atoms with E-state index in [0.717, 1.165) is 25.7 Å². The predicted octanol–water partition coefficient (Wildman–Crippen LogP) is 1.16. The van der Waals surface area contributed by atoms with Gasteiger partial charge in [-0.25, -0.2) is 14.7 Å². The van der Waals surface area contributed by atoms with Crippen molar-refractivity contribution < 1.29 is 33.4 Å². The number of aromatic nitrogens is 1. The van der Waals surface area contributed by atoms with Crippen molar-refractivity contribution in [1.29, 1.82) is 0 Å². The van der Waals surface area contributed by atoms with Crippen LogP contribution in [0.3, 0.4) is 0 Å². The molecular formula is C20H29N4O6+. The zero-order chi connectivity index (χ0) is 21.9. The minimum absolute atomic E-state index is 0.0372. The van der Waals surface area contributed by atoms with Crippen molar-refractivity contribution in [3.8, 4) is 0 Å². The molecule has 1 unspecified atom stereocenters. The molecule has 164 valence electrons. The summed E-state index contributed by atoms with van der Waals surface area (Å²) in [6, 6.07) is 0.415. The fourth-order valence-electron chi connectivity index (χ4n) is 5.04. The van der Waals surface area contributed by atoms with E-state index in [1.54, 1.807) is 6.92 Å². The van der Waals surface area contributed by atoms with E-state index in [2.05, 4.69) is 5.16 Å². The number of carbonyl (C=O) groups is 4. The number of primary amides is 1. The van der Waals surface area contributed by atoms with E-state index in [9.17, 15) is 24.4 Å². The molecule has 0 spiro atoms. The van der Waals surface area contributed by atoms with Gasteiger partial charge in [-0.1, -0.05) is 30.8 Å². The molecule has 3 atom stereocenters. The smallest absolute Gasteiger partial charge is 0.364 e. The van der Waals surface area contributed by atoms with E-state index >= 15 is 0 Å². The van der Waals surface area contributed by atoms with Gasteiger partial charge in [0.1, 0.15) is 5.76 Å². The molecule has 1 aromatic rings. The van der Waals surface area contributed by atoms with Gasteiger partial charge in [0.25, 0.3) is 5.91 Å². The van der Waals surface area contributed by atoms with Crippen LogP contribution in [0.4, 0.5) is 0 Å². The lowest BCUT2D eigenvalue weighted by Gasteiger charge is -2.36. The van der Waals surface area contributed by atoms with Crippen molar-refractivity contribution in [3.05, 3.63) is 17.5 Å². The predicted molar refractivity (Wildman–Crippen MR) is 103 cm³/mol. The molecule has 2 aliphatic rings. The first-order valence-electron chi connectivity index (χ1n) is 10.4. The Morgan fingerprint density at radius 3 is 2.60 bits per heavy atom. The summed E-state index contributed by atoms with van der Waals surface area (Å²) in [4.78, 5) is 50.7. The van der Waals surface area contributed by atoms with Crippen LogP contribution in [0.2, 0.25) is 0 Å². The van der Waals surface area contributed by atoms with E-state index in [0.29, 0.717) is 30.1 Å². The number of likely N-dealkylation sites (tertiary alicyclic amines) is 1. The number of hydroxylamine groups is 2. The van der Waals surface area contributed by atoms with Gasteiger partial charge in [-0.15, -0.1) is 0 Å². The molecular weight excluding hydrogens is 392 g/mol. The number of nitrogens with two attached hydrogens (primary N) is 1. The second-order valence-corrected chi connectivity index (χ2v) is 8.43. The molecule has 4 amide bonds. The summed E-state index contributed by atoms with van der Waals surface area (Å²) in [7, 11) is 0. The van der Waals surface area contributed by atoms with E-state index in [1.165, 1.54) is 6.07 Å². The Balaban J connectivity index is 2.00. The van der Waals surface area contributed by atoms with Crippen LogP contribution in [0.15, 0.2) is 10.6 Å². The number of carbonyl (C=O) groups excluding carboxylic acids is 4. The van der Waals surface area contributed by atoms with Crippen molar-refractivity contribution in [1.82, 2.24) is 10.2 Å². The molecule has 1 saturated carbocycles. The van der Waals surface area contributed by atoms with Gasteiger partial charge in [0, 0.05) is 18.9 Å². The van der Waals surface area contributed by atoms with E-state index in [1.807, 2.05) is 0 Å². The average Bonchev–Trinajstić information content (AvgIpc) is 3.47. The summed E-state index contributed by atoms with van der Waals surface area (Å²) in [6.45, 7) is 1.50. The van der Waals surface area contributed by atoms with E-state index in [-0.39, 0.29) is 31.1 Å². The first kappa shape index (κ1) is 22.1. The van der Waals surface area contributed by atoms with Crippen LogP contribution in [0, 0.1) is 18.8 Å². The fourth-order valence-corrected chi connectivity index (χ4v) is 5.04. The normalized spacial score (nSPS) is 25.2. The Kier molecular flexibility index (Phi) is 6.67. The maximum absolute atomic E-state index is 13.9. The van der Waals surface area contributed by atoms with Crippen molar-refractivity contribution in [2.24, 2.45) is 17.6 Å². The SMILES string of the molecule is Cc1cc(C(=O)[N+]2(C(=O)[C@H](CC3CCCC3)CN(O)C=O)CCC[C@H]2C(N)=O)no1. The maximum Gasteiger partial charge on any atom is 0.376 e. The van der Waals surface area contributed by atoms with Crippen LogP contribution in [-0.4, -0.2) is 63.2 Å². The molecule has 2 heterocycles. The highest BCUT2D eigenvalue weighted by Crippen LogP contribution is 2.37. The zero-order valence-corrected chi connectivity index (χ0v) is 17.2. The van der Waals surface area contributed by atoms with Crippen LogP contribution in [0.5, 0.6) is 0 Å². The van der Waals surface area contributed by atoms with Gasteiger partial charge < -0.3 is 10.3 Å². The molecule has 0 aromatic carbocycles. The number of hydrogen-bond acceptors (Lipinski definition) is 7. The molecule has 3 rings (SSSR count). The van der Waals surface area contributed by atoms with Crippen LogP contribution in [0.1, 0.15) is 61.2 Å². The number of imide groups is 1. The van der Waals surface area contributed by atoms with Crippen molar-refractivity contribution in [2.75, 3.05) is 13.1 Å². The van der Waals surface area contributed by atoms with E-state index < -0.39 is 34.2 Å². The summed E-state index contributed by atoms with van der Waals surface area (Å²) in [5.41, 5.74) is 5.57.